The summed E-state index contributed by atoms with van der Waals surface area (Å²) in [5.74, 6) is 0. The van der Waals surface area contributed by atoms with E-state index in [2.05, 4.69) is 24.9 Å². The van der Waals surface area contributed by atoms with Crippen LogP contribution < -0.4 is 0 Å². The zero-order valence-electron chi connectivity index (χ0n) is 9.85. The van der Waals surface area contributed by atoms with Crippen LogP contribution in [-0.4, -0.2) is 35.6 Å². The molecule has 0 saturated carbocycles. The summed E-state index contributed by atoms with van der Waals surface area (Å²) in [5, 5.41) is 3.21. The van der Waals surface area contributed by atoms with E-state index in [0.717, 1.165) is 16.8 Å². The summed E-state index contributed by atoms with van der Waals surface area (Å²) >= 11 is 2.80. The van der Waals surface area contributed by atoms with E-state index in [0.29, 0.717) is 21.4 Å². The van der Waals surface area contributed by atoms with Crippen molar-refractivity contribution in [1.82, 2.24) is 29.3 Å². The largest absolute Gasteiger partial charge is 0.341 e. The topological polar surface area (TPSA) is 88.8 Å². The minimum absolute atomic E-state index is 0.525. The Morgan fingerprint density at radius 1 is 1.30 bits per heavy atom. The van der Waals surface area contributed by atoms with Crippen molar-refractivity contribution in [2.75, 3.05) is 0 Å². The standard InChI is InChI=1S/C11H6N6OS2/c18-3-6-9(16-11-17(6)1-2-19-11)20-10-7-8(13-4-12-7)14-5-15-10/h1-5H,(H,12,13,14,15). The third-order valence-corrected chi connectivity index (χ3v) is 4.51. The van der Waals surface area contributed by atoms with Crippen molar-refractivity contribution in [1.29, 1.82) is 0 Å². The molecule has 20 heavy (non-hydrogen) atoms. The molecule has 0 bridgehead atoms. The Morgan fingerprint density at radius 3 is 3.15 bits per heavy atom. The molecule has 98 valence electrons. The van der Waals surface area contributed by atoms with Crippen LogP contribution in [0.1, 0.15) is 10.5 Å². The maximum atomic E-state index is 11.3. The third-order valence-electron chi connectivity index (χ3n) is 2.76. The summed E-state index contributed by atoms with van der Waals surface area (Å²) in [6, 6.07) is 0. The predicted octanol–water partition coefficient (Wildman–Crippen LogP) is 2.03. The van der Waals surface area contributed by atoms with Crippen molar-refractivity contribution in [3.63, 3.8) is 0 Å². The fraction of sp³-hybridized carbons (Fsp3) is 0. The van der Waals surface area contributed by atoms with Gasteiger partial charge in [-0.2, -0.15) is 0 Å². The van der Waals surface area contributed by atoms with Gasteiger partial charge in [-0.05, 0) is 11.8 Å². The molecule has 0 unspecified atom stereocenters. The molecule has 1 N–H and O–H groups in total. The van der Waals surface area contributed by atoms with E-state index in [1.807, 2.05) is 11.6 Å². The fourth-order valence-corrected chi connectivity index (χ4v) is 3.57. The van der Waals surface area contributed by atoms with Gasteiger partial charge in [0.15, 0.2) is 16.9 Å². The molecule has 0 aliphatic carbocycles. The van der Waals surface area contributed by atoms with Crippen LogP contribution in [-0.2, 0) is 0 Å². The Labute approximate surface area is 120 Å². The highest BCUT2D eigenvalue weighted by Crippen LogP contribution is 2.32. The average molecular weight is 302 g/mol. The van der Waals surface area contributed by atoms with E-state index in [1.54, 1.807) is 10.7 Å². The number of H-pyrrole nitrogens is 1. The molecule has 0 amide bonds. The molecule has 4 aromatic heterocycles. The first-order chi connectivity index (χ1) is 9.86. The van der Waals surface area contributed by atoms with Crippen LogP contribution in [0.5, 0.6) is 0 Å². The number of imidazole rings is 2. The molecule has 0 spiro atoms. The molecule has 0 atom stereocenters. The minimum Gasteiger partial charge on any atom is -0.341 e. The molecular formula is C11H6N6OS2. The van der Waals surface area contributed by atoms with Crippen molar-refractivity contribution in [3.05, 3.63) is 29.9 Å². The Balaban J connectivity index is 1.86. The van der Waals surface area contributed by atoms with Gasteiger partial charge in [0.25, 0.3) is 0 Å². The SMILES string of the molecule is O=Cc1c(Sc2ncnc3nc[nH]c23)nc2sccn12. The quantitative estimate of drug-likeness (QED) is 0.460. The molecule has 0 aliphatic heterocycles. The van der Waals surface area contributed by atoms with Gasteiger partial charge < -0.3 is 4.98 Å². The predicted molar refractivity (Wildman–Crippen MR) is 74.3 cm³/mol. The summed E-state index contributed by atoms with van der Waals surface area (Å²) in [7, 11) is 0. The number of fused-ring (bicyclic) bond motifs is 2. The molecule has 0 radical (unpaired) electrons. The first-order valence-corrected chi connectivity index (χ1v) is 7.29. The van der Waals surface area contributed by atoms with E-state index >= 15 is 0 Å². The van der Waals surface area contributed by atoms with Crippen molar-refractivity contribution in [2.24, 2.45) is 0 Å². The third kappa shape index (κ3) is 1.63. The normalized spacial score (nSPS) is 11.4. The van der Waals surface area contributed by atoms with E-state index < -0.39 is 0 Å². The molecule has 9 heteroatoms. The number of hydrogen-bond donors (Lipinski definition) is 1. The zero-order valence-corrected chi connectivity index (χ0v) is 11.5. The Hall–Kier alpha value is -2.26. The number of thiazole rings is 1. The second-order valence-electron chi connectivity index (χ2n) is 3.86. The average Bonchev–Trinajstić information content (AvgIpc) is 3.12. The van der Waals surface area contributed by atoms with Gasteiger partial charge in [0, 0.05) is 11.6 Å². The highest BCUT2D eigenvalue weighted by atomic mass is 32.2. The number of rotatable bonds is 3. The van der Waals surface area contributed by atoms with Gasteiger partial charge in [0.05, 0.1) is 6.33 Å². The Kier molecular flexibility index (Phi) is 2.54. The number of aromatic amines is 1. The van der Waals surface area contributed by atoms with Crippen LogP contribution in [0.15, 0.2) is 34.3 Å². The van der Waals surface area contributed by atoms with Crippen molar-refractivity contribution >= 4 is 45.5 Å². The lowest BCUT2D eigenvalue weighted by atomic mass is 10.5. The summed E-state index contributed by atoms with van der Waals surface area (Å²) in [4.78, 5) is 31.9. The van der Waals surface area contributed by atoms with E-state index in [4.69, 9.17) is 0 Å². The van der Waals surface area contributed by atoms with E-state index in [9.17, 15) is 4.79 Å². The number of aldehydes is 1. The van der Waals surface area contributed by atoms with Crippen LogP contribution >= 0.6 is 23.1 Å². The Bertz CT molecular complexity index is 923. The van der Waals surface area contributed by atoms with Crippen LogP contribution in [0.3, 0.4) is 0 Å². The van der Waals surface area contributed by atoms with Crippen LogP contribution in [0.2, 0.25) is 0 Å². The van der Waals surface area contributed by atoms with Gasteiger partial charge in [-0.1, -0.05) is 0 Å². The molecule has 4 heterocycles. The van der Waals surface area contributed by atoms with Gasteiger partial charge in [-0.3, -0.25) is 9.20 Å². The maximum Gasteiger partial charge on any atom is 0.195 e. The van der Waals surface area contributed by atoms with Crippen molar-refractivity contribution in [3.8, 4) is 0 Å². The number of nitrogens with one attached hydrogen (secondary N) is 1. The lowest BCUT2D eigenvalue weighted by Gasteiger charge is -1.99. The monoisotopic (exact) mass is 302 g/mol. The van der Waals surface area contributed by atoms with Gasteiger partial charge in [-0.25, -0.2) is 19.9 Å². The molecular weight excluding hydrogens is 296 g/mol. The molecule has 0 aromatic carbocycles. The number of carbonyl (C=O) groups is 1. The smallest absolute Gasteiger partial charge is 0.195 e. The summed E-state index contributed by atoms with van der Waals surface area (Å²) < 4.78 is 1.77. The lowest BCUT2D eigenvalue weighted by Crippen LogP contribution is -1.90. The highest BCUT2D eigenvalue weighted by Gasteiger charge is 2.16. The second-order valence-corrected chi connectivity index (χ2v) is 5.71. The number of nitrogens with zero attached hydrogens (tertiary/aromatic N) is 5. The van der Waals surface area contributed by atoms with Crippen molar-refractivity contribution < 1.29 is 4.79 Å². The zero-order chi connectivity index (χ0) is 13.5. The van der Waals surface area contributed by atoms with E-state index in [-0.39, 0.29) is 0 Å². The fourth-order valence-electron chi connectivity index (χ4n) is 1.88. The molecule has 0 fully saturated rings. The highest BCUT2D eigenvalue weighted by molar-refractivity contribution is 7.99. The maximum absolute atomic E-state index is 11.3. The summed E-state index contributed by atoms with van der Waals surface area (Å²) in [6.07, 6.45) is 5.65. The molecule has 0 saturated heterocycles. The van der Waals surface area contributed by atoms with Gasteiger partial charge in [-0.15, -0.1) is 11.3 Å². The minimum atomic E-state index is 0.525. The molecule has 7 nitrogen and oxygen atoms in total. The number of hydrogen-bond acceptors (Lipinski definition) is 7. The molecule has 4 rings (SSSR count). The molecule has 4 aromatic rings. The number of carbonyl (C=O) groups excluding carboxylic acids is 1. The van der Waals surface area contributed by atoms with Gasteiger partial charge >= 0.3 is 0 Å². The first kappa shape index (κ1) is 11.6. The summed E-state index contributed by atoms with van der Waals surface area (Å²) in [5.41, 5.74) is 1.86. The second kappa shape index (κ2) is 4.39. The van der Waals surface area contributed by atoms with Crippen LogP contribution in [0.4, 0.5) is 0 Å². The number of aromatic nitrogens is 6. The van der Waals surface area contributed by atoms with Crippen LogP contribution in [0, 0.1) is 0 Å². The van der Waals surface area contributed by atoms with E-state index in [1.165, 1.54) is 29.4 Å². The van der Waals surface area contributed by atoms with Gasteiger partial charge in [0.2, 0.25) is 0 Å². The first-order valence-electron chi connectivity index (χ1n) is 5.59. The summed E-state index contributed by atoms with van der Waals surface area (Å²) in [6.45, 7) is 0. The lowest BCUT2D eigenvalue weighted by molar-refractivity contribution is 0.111. The van der Waals surface area contributed by atoms with Gasteiger partial charge in [0.1, 0.15) is 27.6 Å². The van der Waals surface area contributed by atoms with Crippen LogP contribution in [0.25, 0.3) is 16.1 Å². The van der Waals surface area contributed by atoms with Crippen molar-refractivity contribution in [2.45, 2.75) is 10.1 Å². The Morgan fingerprint density at radius 2 is 2.25 bits per heavy atom. The molecule has 0 aliphatic rings.